The summed E-state index contributed by atoms with van der Waals surface area (Å²) in [6.45, 7) is 1.19. The molecule has 8 nitrogen and oxygen atoms in total. The van der Waals surface area contributed by atoms with Gasteiger partial charge in [0.2, 0.25) is 0 Å². The van der Waals surface area contributed by atoms with Crippen LogP contribution in [0.4, 0.5) is 5.69 Å². The van der Waals surface area contributed by atoms with Crippen molar-refractivity contribution in [2.24, 2.45) is 0 Å². The third kappa shape index (κ3) is 4.53. The van der Waals surface area contributed by atoms with Gasteiger partial charge in [0, 0.05) is 12.6 Å². The van der Waals surface area contributed by atoms with Crippen molar-refractivity contribution in [1.82, 2.24) is 9.55 Å². The first-order valence-corrected chi connectivity index (χ1v) is 8.51. The van der Waals surface area contributed by atoms with Gasteiger partial charge in [0.15, 0.2) is 6.61 Å². The van der Waals surface area contributed by atoms with Crippen LogP contribution in [0.3, 0.4) is 0 Å². The molecule has 3 aromatic rings. The molecule has 0 unspecified atom stereocenters. The Balaban J connectivity index is 1.83. The largest absolute Gasteiger partial charge is 0.497 e. The lowest BCUT2D eigenvalue weighted by Crippen LogP contribution is -2.22. The lowest BCUT2D eigenvalue weighted by Gasteiger charge is -2.09. The van der Waals surface area contributed by atoms with Crippen molar-refractivity contribution in [3.8, 4) is 5.75 Å². The predicted octanol–water partition coefficient (Wildman–Crippen LogP) is 1.95. The Morgan fingerprint density at radius 1 is 1.14 bits per heavy atom. The van der Waals surface area contributed by atoms with E-state index in [1.165, 1.54) is 17.8 Å². The summed E-state index contributed by atoms with van der Waals surface area (Å²) in [5, 5.41) is 2.97. The Morgan fingerprint density at radius 3 is 2.57 bits per heavy atom. The zero-order chi connectivity index (χ0) is 20.1. The van der Waals surface area contributed by atoms with Crippen LogP contribution in [0.15, 0.2) is 53.6 Å². The number of rotatable bonds is 6. The lowest BCUT2D eigenvalue weighted by atomic mass is 10.2. The number of anilines is 1. The van der Waals surface area contributed by atoms with Gasteiger partial charge >= 0.3 is 5.97 Å². The van der Waals surface area contributed by atoms with Crippen LogP contribution < -0.4 is 15.6 Å². The van der Waals surface area contributed by atoms with Crippen molar-refractivity contribution in [1.29, 1.82) is 0 Å². The number of nitrogens with zero attached hydrogens (tertiary/aromatic N) is 2. The standard InChI is InChI=1S/C20H19N3O5/c1-13(24)28-11-19(25)22-15-5-8-18-17(9-15)20(26)23(12-21-18)10-14-3-6-16(27-2)7-4-14/h3-9,12H,10-11H2,1-2H3,(H,22,25). The normalized spacial score (nSPS) is 10.5. The SMILES string of the molecule is COc1ccc(Cn2cnc3ccc(NC(=O)COC(C)=O)cc3c2=O)cc1. The zero-order valence-corrected chi connectivity index (χ0v) is 15.5. The van der Waals surface area contributed by atoms with Gasteiger partial charge in [0.25, 0.3) is 11.5 Å². The predicted molar refractivity (Wildman–Crippen MR) is 103 cm³/mol. The van der Waals surface area contributed by atoms with Crippen LogP contribution in [0.25, 0.3) is 10.9 Å². The zero-order valence-electron chi connectivity index (χ0n) is 15.5. The van der Waals surface area contributed by atoms with Gasteiger partial charge in [-0.2, -0.15) is 0 Å². The van der Waals surface area contributed by atoms with Crippen LogP contribution in [0, 0.1) is 0 Å². The smallest absolute Gasteiger partial charge is 0.303 e. The Bertz CT molecular complexity index is 1070. The molecule has 0 aliphatic carbocycles. The molecule has 0 atom stereocenters. The van der Waals surface area contributed by atoms with E-state index in [0.29, 0.717) is 23.1 Å². The Hall–Kier alpha value is -3.68. The fraction of sp³-hybridized carbons (Fsp3) is 0.200. The average molecular weight is 381 g/mol. The Morgan fingerprint density at radius 2 is 1.89 bits per heavy atom. The quantitative estimate of drug-likeness (QED) is 0.655. The van der Waals surface area contributed by atoms with E-state index in [-0.39, 0.29) is 12.2 Å². The summed E-state index contributed by atoms with van der Waals surface area (Å²) < 4.78 is 11.3. The number of carbonyl (C=O) groups excluding carboxylic acids is 2. The van der Waals surface area contributed by atoms with Crippen molar-refractivity contribution in [2.45, 2.75) is 13.5 Å². The van der Waals surface area contributed by atoms with Crippen LogP contribution in [-0.2, 0) is 20.9 Å². The monoisotopic (exact) mass is 381 g/mol. The minimum absolute atomic E-state index is 0.225. The number of hydrogen-bond donors (Lipinski definition) is 1. The van der Waals surface area contributed by atoms with E-state index in [4.69, 9.17) is 4.74 Å². The van der Waals surface area contributed by atoms with E-state index in [1.807, 2.05) is 24.3 Å². The molecule has 0 fully saturated rings. The van der Waals surface area contributed by atoms with Crippen LogP contribution in [0.1, 0.15) is 12.5 Å². The van der Waals surface area contributed by atoms with E-state index < -0.39 is 11.9 Å². The molecule has 0 aliphatic heterocycles. The number of fused-ring (bicyclic) bond motifs is 1. The molecule has 1 amide bonds. The minimum atomic E-state index is -0.542. The Labute approximate surface area is 160 Å². The van der Waals surface area contributed by atoms with Gasteiger partial charge < -0.3 is 14.8 Å². The van der Waals surface area contributed by atoms with E-state index >= 15 is 0 Å². The lowest BCUT2D eigenvalue weighted by molar-refractivity contribution is -0.144. The first-order chi connectivity index (χ1) is 13.5. The molecule has 0 radical (unpaired) electrons. The first-order valence-electron chi connectivity index (χ1n) is 8.51. The molecule has 0 aliphatic rings. The highest BCUT2D eigenvalue weighted by Gasteiger charge is 2.09. The maximum Gasteiger partial charge on any atom is 0.303 e. The van der Waals surface area contributed by atoms with E-state index in [2.05, 4.69) is 15.0 Å². The molecule has 1 heterocycles. The number of hydrogen-bond acceptors (Lipinski definition) is 6. The molecule has 2 aromatic carbocycles. The number of aromatic nitrogens is 2. The minimum Gasteiger partial charge on any atom is -0.497 e. The number of carbonyl (C=O) groups is 2. The molecule has 144 valence electrons. The number of ether oxygens (including phenoxy) is 2. The summed E-state index contributed by atoms with van der Waals surface area (Å²) in [6.07, 6.45) is 1.49. The van der Waals surface area contributed by atoms with Gasteiger partial charge in [-0.25, -0.2) is 4.98 Å². The second-order valence-electron chi connectivity index (χ2n) is 6.09. The third-order valence-corrected chi connectivity index (χ3v) is 4.03. The highest BCUT2D eigenvalue weighted by molar-refractivity contribution is 5.94. The van der Waals surface area contributed by atoms with Crippen LogP contribution in [0.2, 0.25) is 0 Å². The molecule has 28 heavy (non-hydrogen) atoms. The van der Waals surface area contributed by atoms with Crippen molar-refractivity contribution in [3.05, 3.63) is 64.7 Å². The summed E-state index contributed by atoms with van der Waals surface area (Å²) in [5.74, 6) is -0.293. The maximum atomic E-state index is 12.8. The van der Waals surface area contributed by atoms with Gasteiger partial charge in [0.1, 0.15) is 5.75 Å². The van der Waals surface area contributed by atoms with Crippen molar-refractivity contribution in [3.63, 3.8) is 0 Å². The van der Waals surface area contributed by atoms with Crippen molar-refractivity contribution in [2.75, 3.05) is 19.0 Å². The summed E-state index contributed by atoms with van der Waals surface area (Å²) in [4.78, 5) is 39.7. The molecule has 3 rings (SSSR count). The van der Waals surface area contributed by atoms with Crippen molar-refractivity contribution >= 4 is 28.5 Å². The molecule has 1 N–H and O–H groups in total. The highest BCUT2D eigenvalue weighted by Crippen LogP contribution is 2.15. The van der Waals surface area contributed by atoms with Crippen LogP contribution in [-0.4, -0.2) is 35.1 Å². The molecule has 8 heteroatoms. The first kappa shape index (κ1) is 19.1. The van der Waals surface area contributed by atoms with Gasteiger partial charge in [-0.15, -0.1) is 0 Å². The maximum absolute atomic E-state index is 12.8. The van der Waals surface area contributed by atoms with Gasteiger partial charge in [0.05, 0.1) is 30.9 Å². The molecular formula is C20H19N3O5. The van der Waals surface area contributed by atoms with E-state index in [1.54, 1.807) is 25.3 Å². The molecule has 0 bridgehead atoms. The molecule has 0 spiro atoms. The summed E-state index contributed by atoms with van der Waals surface area (Å²) in [6, 6.07) is 12.2. The number of amides is 1. The number of benzene rings is 2. The van der Waals surface area contributed by atoms with Crippen LogP contribution >= 0.6 is 0 Å². The van der Waals surface area contributed by atoms with Gasteiger partial charge in [-0.3, -0.25) is 19.0 Å². The number of nitrogens with one attached hydrogen (secondary N) is 1. The number of methoxy groups -OCH3 is 1. The highest BCUT2D eigenvalue weighted by atomic mass is 16.5. The van der Waals surface area contributed by atoms with E-state index in [9.17, 15) is 14.4 Å². The summed E-state index contributed by atoms with van der Waals surface area (Å²) in [7, 11) is 1.59. The second kappa shape index (κ2) is 8.34. The Kier molecular flexibility index (Phi) is 5.69. The molecule has 0 saturated carbocycles. The number of esters is 1. The third-order valence-electron chi connectivity index (χ3n) is 4.03. The molecule has 1 aromatic heterocycles. The fourth-order valence-electron chi connectivity index (χ4n) is 2.64. The van der Waals surface area contributed by atoms with E-state index in [0.717, 1.165) is 11.3 Å². The van der Waals surface area contributed by atoms with Gasteiger partial charge in [-0.05, 0) is 35.9 Å². The van der Waals surface area contributed by atoms with Crippen LogP contribution in [0.5, 0.6) is 5.75 Å². The second-order valence-corrected chi connectivity index (χ2v) is 6.09. The van der Waals surface area contributed by atoms with Crippen molar-refractivity contribution < 1.29 is 19.1 Å². The average Bonchev–Trinajstić information content (AvgIpc) is 2.69. The van der Waals surface area contributed by atoms with Gasteiger partial charge in [-0.1, -0.05) is 12.1 Å². The molecular weight excluding hydrogens is 362 g/mol. The topological polar surface area (TPSA) is 99.5 Å². The molecule has 0 saturated heterocycles. The summed E-state index contributed by atoms with van der Waals surface area (Å²) >= 11 is 0. The summed E-state index contributed by atoms with van der Waals surface area (Å²) in [5.41, 5.74) is 1.64. The fourth-order valence-corrected chi connectivity index (χ4v) is 2.64.